The van der Waals surface area contributed by atoms with Crippen molar-refractivity contribution >= 4 is 0 Å². The number of rotatable bonds is 5. The van der Waals surface area contributed by atoms with Crippen molar-refractivity contribution in [1.82, 2.24) is 20.0 Å². The number of pyridine rings is 1. The van der Waals surface area contributed by atoms with E-state index in [0.717, 1.165) is 18.7 Å². The zero-order valence-corrected chi connectivity index (χ0v) is 9.87. The van der Waals surface area contributed by atoms with Crippen LogP contribution in [0, 0.1) is 0 Å². The Bertz CT molecular complexity index is 451. The normalized spacial score (nSPS) is 12.6. The molecule has 1 unspecified atom stereocenters. The summed E-state index contributed by atoms with van der Waals surface area (Å²) in [5.74, 6) is 6.60. The average Bonchev–Trinajstić information content (AvgIpc) is 2.75. The second kappa shape index (κ2) is 5.56. The highest BCUT2D eigenvalue weighted by atomic mass is 15.2. The first-order valence-electron chi connectivity index (χ1n) is 5.61. The van der Waals surface area contributed by atoms with Crippen molar-refractivity contribution in [3.05, 3.63) is 48.3 Å². The number of nitrogens with two attached hydrogens (primary N) is 1. The van der Waals surface area contributed by atoms with Crippen molar-refractivity contribution in [1.29, 1.82) is 0 Å². The van der Waals surface area contributed by atoms with E-state index in [9.17, 15) is 0 Å². The van der Waals surface area contributed by atoms with E-state index in [0.29, 0.717) is 0 Å². The Morgan fingerprint density at radius 2 is 2.29 bits per heavy atom. The first-order valence-corrected chi connectivity index (χ1v) is 5.61. The lowest BCUT2D eigenvalue weighted by Gasteiger charge is -2.15. The summed E-state index contributed by atoms with van der Waals surface area (Å²) in [7, 11) is 1.99. The number of aromatic nitrogens is 3. The molecule has 0 fully saturated rings. The molecule has 2 aromatic heterocycles. The van der Waals surface area contributed by atoms with Gasteiger partial charge in [0.25, 0.3) is 0 Å². The molecular formula is C12H17N5. The van der Waals surface area contributed by atoms with Crippen LogP contribution in [0.25, 0.3) is 0 Å². The zero-order valence-electron chi connectivity index (χ0n) is 9.87. The van der Waals surface area contributed by atoms with Crippen molar-refractivity contribution in [2.75, 3.05) is 0 Å². The maximum atomic E-state index is 5.58. The highest BCUT2D eigenvalue weighted by Crippen LogP contribution is 2.06. The minimum Gasteiger partial charge on any atom is -0.338 e. The fraction of sp³-hybridized carbons (Fsp3) is 0.333. The third kappa shape index (κ3) is 3.12. The number of nitrogens with one attached hydrogen (secondary N) is 1. The van der Waals surface area contributed by atoms with Gasteiger partial charge in [0.15, 0.2) is 0 Å². The summed E-state index contributed by atoms with van der Waals surface area (Å²) in [5.41, 5.74) is 4.01. The lowest BCUT2D eigenvalue weighted by molar-refractivity contribution is 0.504. The quantitative estimate of drug-likeness (QED) is 0.578. The molecule has 2 rings (SSSR count). The number of imidazole rings is 1. The summed E-state index contributed by atoms with van der Waals surface area (Å²) in [4.78, 5) is 8.39. The molecule has 0 aromatic carbocycles. The average molecular weight is 231 g/mol. The molecule has 17 heavy (non-hydrogen) atoms. The predicted octanol–water partition coefficient (Wildman–Crippen LogP) is 0.432. The van der Waals surface area contributed by atoms with Crippen LogP contribution in [0.5, 0.6) is 0 Å². The minimum absolute atomic E-state index is 0.167. The van der Waals surface area contributed by atoms with Crippen molar-refractivity contribution in [2.24, 2.45) is 12.9 Å². The van der Waals surface area contributed by atoms with Crippen molar-refractivity contribution in [3.8, 4) is 0 Å². The van der Waals surface area contributed by atoms with Crippen molar-refractivity contribution < 1.29 is 0 Å². The molecule has 0 radical (unpaired) electrons. The summed E-state index contributed by atoms with van der Waals surface area (Å²) < 4.78 is 2.01. The van der Waals surface area contributed by atoms with Gasteiger partial charge in [0, 0.05) is 44.3 Å². The molecule has 5 nitrogen and oxygen atoms in total. The third-order valence-corrected chi connectivity index (χ3v) is 2.79. The number of hydrazine groups is 1. The molecule has 5 heteroatoms. The van der Waals surface area contributed by atoms with Crippen LogP contribution in [0.2, 0.25) is 0 Å². The lowest BCUT2D eigenvalue weighted by Crippen LogP contribution is -2.39. The maximum Gasteiger partial charge on any atom is 0.109 e. The second-order valence-corrected chi connectivity index (χ2v) is 4.09. The summed E-state index contributed by atoms with van der Waals surface area (Å²) >= 11 is 0. The zero-order chi connectivity index (χ0) is 12.1. The minimum atomic E-state index is 0.167. The number of nitrogens with zero attached hydrogens (tertiary/aromatic N) is 3. The van der Waals surface area contributed by atoms with E-state index in [2.05, 4.69) is 21.5 Å². The van der Waals surface area contributed by atoms with Crippen LogP contribution >= 0.6 is 0 Å². The van der Waals surface area contributed by atoms with Gasteiger partial charge in [-0.15, -0.1) is 0 Å². The van der Waals surface area contributed by atoms with Gasteiger partial charge in [-0.05, 0) is 18.1 Å². The fourth-order valence-corrected chi connectivity index (χ4v) is 1.81. The van der Waals surface area contributed by atoms with Gasteiger partial charge in [0.2, 0.25) is 0 Å². The standard InChI is InChI=1S/C12H17N5/c1-17-6-5-15-12(17)8-11(16-13)7-10-3-2-4-14-9-10/h2-6,9,11,16H,7-8,13H2,1H3. The van der Waals surface area contributed by atoms with Gasteiger partial charge >= 0.3 is 0 Å². The maximum absolute atomic E-state index is 5.58. The van der Waals surface area contributed by atoms with Gasteiger partial charge < -0.3 is 4.57 Å². The van der Waals surface area contributed by atoms with Crippen LogP contribution in [-0.4, -0.2) is 20.6 Å². The fourth-order valence-electron chi connectivity index (χ4n) is 1.81. The first-order chi connectivity index (χ1) is 8.29. The van der Waals surface area contributed by atoms with E-state index in [4.69, 9.17) is 5.84 Å². The molecule has 0 saturated heterocycles. The van der Waals surface area contributed by atoms with E-state index in [-0.39, 0.29) is 6.04 Å². The lowest BCUT2D eigenvalue weighted by atomic mass is 10.1. The summed E-state index contributed by atoms with van der Waals surface area (Å²) in [6, 6.07) is 4.15. The molecule has 0 saturated carbocycles. The summed E-state index contributed by atoms with van der Waals surface area (Å²) in [6.07, 6.45) is 9.02. The Morgan fingerprint density at radius 1 is 1.41 bits per heavy atom. The van der Waals surface area contributed by atoms with Crippen molar-refractivity contribution in [2.45, 2.75) is 18.9 Å². The molecule has 0 aliphatic heterocycles. The molecule has 2 heterocycles. The monoisotopic (exact) mass is 231 g/mol. The highest BCUT2D eigenvalue weighted by molar-refractivity contribution is 5.11. The van der Waals surface area contributed by atoms with E-state index in [1.165, 1.54) is 5.56 Å². The van der Waals surface area contributed by atoms with Crippen LogP contribution in [0.1, 0.15) is 11.4 Å². The highest BCUT2D eigenvalue weighted by Gasteiger charge is 2.11. The number of aryl methyl sites for hydroxylation is 1. The third-order valence-electron chi connectivity index (χ3n) is 2.79. The van der Waals surface area contributed by atoms with Gasteiger partial charge in [-0.1, -0.05) is 6.07 Å². The van der Waals surface area contributed by atoms with Crippen LogP contribution in [0.3, 0.4) is 0 Å². The second-order valence-electron chi connectivity index (χ2n) is 4.09. The Labute approximate surface area is 101 Å². The summed E-state index contributed by atoms with van der Waals surface area (Å²) in [5, 5.41) is 0. The molecule has 0 aliphatic rings. The molecule has 2 aromatic rings. The van der Waals surface area contributed by atoms with E-state index in [1.54, 1.807) is 12.4 Å². The van der Waals surface area contributed by atoms with E-state index in [1.807, 2.05) is 30.1 Å². The molecule has 0 spiro atoms. The van der Waals surface area contributed by atoms with Crippen molar-refractivity contribution in [3.63, 3.8) is 0 Å². The van der Waals surface area contributed by atoms with Gasteiger partial charge in [-0.2, -0.15) is 0 Å². The van der Waals surface area contributed by atoms with Gasteiger partial charge in [-0.25, -0.2) is 4.98 Å². The van der Waals surface area contributed by atoms with Gasteiger partial charge in [-0.3, -0.25) is 16.3 Å². The molecule has 90 valence electrons. The number of hydrogen-bond acceptors (Lipinski definition) is 4. The molecule has 0 amide bonds. The molecule has 3 N–H and O–H groups in total. The predicted molar refractivity (Wildman–Crippen MR) is 66.0 cm³/mol. The first kappa shape index (κ1) is 11.8. The van der Waals surface area contributed by atoms with E-state index < -0.39 is 0 Å². The molecular weight excluding hydrogens is 214 g/mol. The van der Waals surface area contributed by atoms with Gasteiger partial charge in [0.05, 0.1) is 0 Å². The van der Waals surface area contributed by atoms with Crippen LogP contribution in [0.4, 0.5) is 0 Å². The van der Waals surface area contributed by atoms with Crippen LogP contribution in [-0.2, 0) is 19.9 Å². The molecule has 0 aliphatic carbocycles. The Hall–Kier alpha value is -1.72. The van der Waals surface area contributed by atoms with E-state index >= 15 is 0 Å². The molecule has 1 atom stereocenters. The topological polar surface area (TPSA) is 68.8 Å². The molecule has 0 bridgehead atoms. The van der Waals surface area contributed by atoms with Gasteiger partial charge in [0.1, 0.15) is 5.82 Å². The Balaban J connectivity index is 2.00. The smallest absolute Gasteiger partial charge is 0.109 e. The summed E-state index contributed by atoms with van der Waals surface area (Å²) in [6.45, 7) is 0. The van der Waals surface area contributed by atoms with Crippen LogP contribution in [0.15, 0.2) is 36.9 Å². The Morgan fingerprint density at radius 3 is 2.88 bits per heavy atom. The largest absolute Gasteiger partial charge is 0.338 e. The number of hydrogen-bond donors (Lipinski definition) is 2. The SMILES string of the molecule is Cn1ccnc1CC(Cc1cccnc1)NN. The Kier molecular flexibility index (Phi) is 3.85. The van der Waals surface area contributed by atoms with Crippen LogP contribution < -0.4 is 11.3 Å².